The van der Waals surface area contributed by atoms with Crippen LogP contribution in [-0.4, -0.2) is 22.6 Å². The first-order chi connectivity index (χ1) is 7.53. The second kappa shape index (κ2) is 4.09. The molecule has 1 aliphatic rings. The minimum atomic E-state index is 0.354. The van der Waals surface area contributed by atoms with E-state index < -0.39 is 0 Å². The lowest BCUT2D eigenvalue weighted by atomic mass is 10.2. The molecule has 0 radical (unpaired) electrons. The number of nitrogens with one attached hydrogen (secondary N) is 2. The lowest BCUT2D eigenvalue weighted by molar-refractivity contribution is 0.630. The fourth-order valence-corrected chi connectivity index (χ4v) is 1.74. The quantitative estimate of drug-likeness (QED) is 0.850. The van der Waals surface area contributed by atoms with Crippen molar-refractivity contribution < 1.29 is 0 Å². The highest BCUT2D eigenvalue weighted by Gasteiger charge is 2.46. The van der Waals surface area contributed by atoms with Gasteiger partial charge >= 0.3 is 0 Å². The Morgan fingerprint density at radius 2 is 2.25 bits per heavy atom. The fraction of sp³-hybridized carbons (Fsp3) is 0.636. The van der Waals surface area contributed by atoms with Crippen molar-refractivity contribution in [3.63, 3.8) is 0 Å². The van der Waals surface area contributed by atoms with E-state index >= 15 is 0 Å². The molecule has 1 atom stereocenters. The molecule has 0 amide bonds. The van der Waals surface area contributed by atoms with Crippen molar-refractivity contribution in [3.05, 3.63) is 11.2 Å². The van der Waals surface area contributed by atoms with Gasteiger partial charge in [0.25, 0.3) is 0 Å². The first kappa shape index (κ1) is 11.5. The van der Waals surface area contributed by atoms with Crippen LogP contribution in [0.25, 0.3) is 0 Å². The molecule has 0 aromatic carbocycles. The van der Waals surface area contributed by atoms with E-state index in [1.54, 1.807) is 6.20 Å². The SMILES string of the molecule is CCNc1ncc(Cl)c(NC2CC2(C)C)n1. The van der Waals surface area contributed by atoms with Gasteiger partial charge in [0.05, 0.1) is 6.20 Å². The third-order valence-corrected chi connectivity index (χ3v) is 3.18. The van der Waals surface area contributed by atoms with Crippen molar-refractivity contribution in [3.8, 4) is 0 Å². The molecule has 1 aromatic rings. The molecule has 1 heterocycles. The largest absolute Gasteiger partial charge is 0.365 e. The number of hydrogen-bond acceptors (Lipinski definition) is 4. The van der Waals surface area contributed by atoms with E-state index in [9.17, 15) is 0 Å². The first-order valence-corrected chi connectivity index (χ1v) is 5.93. The lowest BCUT2D eigenvalue weighted by Gasteiger charge is -2.10. The Hall–Kier alpha value is -1.03. The highest BCUT2D eigenvalue weighted by atomic mass is 35.5. The molecular weight excluding hydrogens is 224 g/mol. The number of anilines is 2. The van der Waals surface area contributed by atoms with E-state index in [-0.39, 0.29) is 0 Å². The number of halogens is 1. The van der Waals surface area contributed by atoms with Gasteiger partial charge in [0, 0.05) is 12.6 Å². The van der Waals surface area contributed by atoms with Crippen molar-refractivity contribution in [2.45, 2.75) is 33.2 Å². The molecule has 1 aliphatic carbocycles. The summed E-state index contributed by atoms with van der Waals surface area (Å²) in [6.45, 7) is 7.26. The van der Waals surface area contributed by atoms with E-state index in [0.29, 0.717) is 22.4 Å². The minimum Gasteiger partial charge on any atom is -0.365 e. The molecule has 4 nitrogen and oxygen atoms in total. The van der Waals surface area contributed by atoms with E-state index in [2.05, 4.69) is 34.4 Å². The average Bonchev–Trinajstić information content (AvgIpc) is 2.80. The number of aromatic nitrogens is 2. The summed E-state index contributed by atoms with van der Waals surface area (Å²) in [6, 6.07) is 0.467. The Morgan fingerprint density at radius 1 is 1.56 bits per heavy atom. The van der Waals surface area contributed by atoms with Gasteiger partial charge in [-0.25, -0.2) is 4.98 Å². The smallest absolute Gasteiger partial charge is 0.224 e. The molecule has 1 unspecified atom stereocenters. The Balaban J connectivity index is 2.10. The summed E-state index contributed by atoms with van der Waals surface area (Å²) in [5.41, 5.74) is 0.354. The summed E-state index contributed by atoms with van der Waals surface area (Å²) in [5.74, 6) is 1.34. The molecule has 0 bridgehead atoms. The van der Waals surface area contributed by atoms with Crippen LogP contribution >= 0.6 is 11.6 Å². The monoisotopic (exact) mass is 240 g/mol. The molecule has 1 fully saturated rings. The first-order valence-electron chi connectivity index (χ1n) is 5.56. The standard InChI is InChI=1S/C11H17ClN4/c1-4-13-10-14-6-7(12)9(16-10)15-8-5-11(8,2)3/h6,8H,4-5H2,1-3H3,(H2,13,14,15,16). The van der Waals surface area contributed by atoms with Crippen LogP contribution in [-0.2, 0) is 0 Å². The fourth-order valence-electron chi connectivity index (χ4n) is 1.59. The molecule has 5 heteroatoms. The van der Waals surface area contributed by atoms with Crippen LogP contribution in [0.3, 0.4) is 0 Å². The maximum absolute atomic E-state index is 6.05. The zero-order valence-electron chi connectivity index (χ0n) is 9.84. The molecule has 16 heavy (non-hydrogen) atoms. The summed E-state index contributed by atoms with van der Waals surface area (Å²) < 4.78 is 0. The molecule has 0 saturated heterocycles. The Morgan fingerprint density at radius 3 is 2.81 bits per heavy atom. The Bertz CT molecular complexity index is 392. The van der Waals surface area contributed by atoms with Crippen molar-refractivity contribution >= 4 is 23.4 Å². The van der Waals surface area contributed by atoms with Crippen LogP contribution in [0.15, 0.2) is 6.20 Å². The van der Waals surface area contributed by atoms with Crippen LogP contribution < -0.4 is 10.6 Å². The lowest BCUT2D eigenvalue weighted by Crippen LogP contribution is -2.12. The molecule has 0 spiro atoms. The van der Waals surface area contributed by atoms with Gasteiger partial charge in [-0.05, 0) is 18.8 Å². The number of nitrogens with zero attached hydrogens (tertiary/aromatic N) is 2. The predicted molar refractivity (Wildman–Crippen MR) is 67.0 cm³/mol. The van der Waals surface area contributed by atoms with E-state index in [1.165, 1.54) is 0 Å². The van der Waals surface area contributed by atoms with Crippen molar-refractivity contribution in [2.24, 2.45) is 5.41 Å². The van der Waals surface area contributed by atoms with Crippen LogP contribution in [0.1, 0.15) is 27.2 Å². The average molecular weight is 241 g/mol. The van der Waals surface area contributed by atoms with Crippen molar-refractivity contribution in [2.75, 3.05) is 17.2 Å². The van der Waals surface area contributed by atoms with Crippen molar-refractivity contribution in [1.82, 2.24) is 9.97 Å². The topological polar surface area (TPSA) is 49.8 Å². The molecule has 2 N–H and O–H groups in total. The predicted octanol–water partition coefficient (Wildman–Crippen LogP) is 2.77. The molecular formula is C11H17ClN4. The zero-order valence-corrected chi connectivity index (χ0v) is 10.6. The highest BCUT2D eigenvalue weighted by molar-refractivity contribution is 6.32. The molecule has 1 aromatic heterocycles. The van der Waals surface area contributed by atoms with Gasteiger partial charge in [-0.2, -0.15) is 4.98 Å². The Labute approximate surface area is 101 Å². The van der Waals surface area contributed by atoms with Crippen LogP contribution in [0.4, 0.5) is 11.8 Å². The summed E-state index contributed by atoms with van der Waals surface area (Å²) >= 11 is 6.05. The molecule has 2 rings (SSSR count). The van der Waals surface area contributed by atoms with Crippen LogP contribution in [0.5, 0.6) is 0 Å². The van der Waals surface area contributed by atoms with E-state index in [0.717, 1.165) is 18.8 Å². The Kier molecular flexibility index (Phi) is 2.93. The van der Waals surface area contributed by atoms with Crippen LogP contribution in [0.2, 0.25) is 5.02 Å². The van der Waals surface area contributed by atoms with Gasteiger partial charge in [-0.15, -0.1) is 0 Å². The van der Waals surface area contributed by atoms with Gasteiger partial charge in [-0.3, -0.25) is 0 Å². The summed E-state index contributed by atoms with van der Waals surface area (Å²) in [5, 5.41) is 6.99. The third-order valence-electron chi connectivity index (χ3n) is 2.90. The third kappa shape index (κ3) is 2.38. The molecule has 1 saturated carbocycles. The normalized spacial score (nSPS) is 21.6. The number of hydrogen-bond donors (Lipinski definition) is 2. The summed E-state index contributed by atoms with van der Waals surface area (Å²) in [4.78, 5) is 8.44. The molecule has 0 aliphatic heterocycles. The van der Waals surface area contributed by atoms with Gasteiger partial charge in [-0.1, -0.05) is 25.4 Å². The van der Waals surface area contributed by atoms with Crippen molar-refractivity contribution in [1.29, 1.82) is 0 Å². The highest BCUT2D eigenvalue weighted by Crippen LogP contribution is 2.46. The maximum Gasteiger partial charge on any atom is 0.224 e. The summed E-state index contributed by atoms with van der Waals surface area (Å²) in [6.07, 6.45) is 2.79. The van der Waals surface area contributed by atoms with Gasteiger partial charge < -0.3 is 10.6 Å². The maximum atomic E-state index is 6.05. The zero-order chi connectivity index (χ0) is 11.8. The van der Waals surface area contributed by atoms with E-state index in [4.69, 9.17) is 11.6 Å². The number of rotatable bonds is 4. The molecule has 88 valence electrons. The minimum absolute atomic E-state index is 0.354. The van der Waals surface area contributed by atoms with Gasteiger partial charge in [0.1, 0.15) is 5.02 Å². The summed E-state index contributed by atoms with van der Waals surface area (Å²) in [7, 11) is 0. The van der Waals surface area contributed by atoms with E-state index in [1.807, 2.05) is 6.92 Å². The van der Waals surface area contributed by atoms with Gasteiger partial charge in [0.2, 0.25) is 5.95 Å². The second-order valence-corrected chi connectivity index (χ2v) is 5.22. The van der Waals surface area contributed by atoms with Gasteiger partial charge in [0.15, 0.2) is 5.82 Å². The second-order valence-electron chi connectivity index (χ2n) is 4.81. The van der Waals surface area contributed by atoms with Crippen LogP contribution in [0, 0.1) is 5.41 Å².